The Labute approximate surface area is 111 Å². The van der Waals surface area contributed by atoms with Crippen molar-refractivity contribution >= 4 is 21.4 Å². The quantitative estimate of drug-likeness (QED) is 0.329. The van der Waals surface area contributed by atoms with Gasteiger partial charge in [-0.1, -0.05) is 13.3 Å². The number of hydrogen-bond donors (Lipinski definition) is 0. The molecule has 0 aliphatic carbocycles. The van der Waals surface area contributed by atoms with Gasteiger partial charge in [-0.05, 0) is 19.3 Å². The molecule has 0 rings (SSSR count). The van der Waals surface area contributed by atoms with Gasteiger partial charge in [0, 0.05) is 22.3 Å². The number of hydrogen-bond acceptors (Lipinski definition) is 5. The maximum absolute atomic E-state index is 11.2. The highest BCUT2D eigenvalue weighted by atomic mass is 31.0. The summed E-state index contributed by atoms with van der Waals surface area (Å²) in [5.41, 5.74) is 0. The molecule has 0 aliphatic heterocycles. The number of rotatable bonds is 11. The fourth-order valence-electron chi connectivity index (χ4n) is 1.29. The van der Waals surface area contributed by atoms with Gasteiger partial charge in [-0.25, -0.2) is 0 Å². The van der Waals surface area contributed by atoms with Crippen LogP contribution in [0, 0.1) is 0 Å². The molecule has 0 aromatic carbocycles. The second kappa shape index (κ2) is 12.8. The fourth-order valence-corrected chi connectivity index (χ4v) is 1.46. The maximum atomic E-state index is 11.2. The third kappa shape index (κ3) is 11.8. The van der Waals surface area contributed by atoms with Crippen molar-refractivity contribution in [1.29, 1.82) is 0 Å². The molecule has 1 atom stereocenters. The SMILES string of the molecule is CCCC(=O)OCCOC(=O)CCCCCOP. The van der Waals surface area contributed by atoms with Crippen LogP contribution in [-0.2, 0) is 23.6 Å². The maximum Gasteiger partial charge on any atom is 0.305 e. The number of ether oxygens (including phenoxy) is 2. The monoisotopic (exact) mass is 278 g/mol. The minimum atomic E-state index is -0.244. The van der Waals surface area contributed by atoms with E-state index in [-0.39, 0.29) is 25.2 Å². The normalized spacial score (nSPS) is 10.1. The summed E-state index contributed by atoms with van der Waals surface area (Å²) in [5.74, 6) is -0.487. The zero-order valence-electron chi connectivity index (χ0n) is 11.0. The molecule has 106 valence electrons. The zero-order valence-corrected chi connectivity index (χ0v) is 12.1. The summed E-state index contributed by atoms with van der Waals surface area (Å²) < 4.78 is 14.6. The van der Waals surface area contributed by atoms with Crippen molar-refractivity contribution in [2.24, 2.45) is 0 Å². The number of carbonyl (C=O) groups is 2. The predicted octanol–water partition coefficient (Wildman–Crippen LogP) is 2.24. The first-order valence-electron chi connectivity index (χ1n) is 6.33. The van der Waals surface area contributed by atoms with Gasteiger partial charge in [0.15, 0.2) is 0 Å². The molecule has 0 aromatic rings. The molecule has 0 aliphatic rings. The summed E-state index contributed by atoms with van der Waals surface area (Å²) in [6.45, 7) is 2.88. The number of esters is 2. The topological polar surface area (TPSA) is 61.8 Å². The molecule has 0 bridgehead atoms. The van der Waals surface area contributed by atoms with E-state index in [9.17, 15) is 9.59 Å². The van der Waals surface area contributed by atoms with E-state index in [4.69, 9.17) is 14.0 Å². The van der Waals surface area contributed by atoms with Crippen molar-refractivity contribution in [3.05, 3.63) is 0 Å². The van der Waals surface area contributed by atoms with E-state index >= 15 is 0 Å². The molecule has 0 N–H and O–H groups in total. The summed E-state index contributed by atoms with van der Waals surface area (Å²) in [4.78, 5) is 22.2. The van der Waals surface area contributed by atoms with Gasteiger partial charge >= 0.3 is 11.9 Å². The molecule has 0 radical (unpaired) electrons. The molecule has 6 heteroatoms. The lowest BCUT2D eigenvalue weighted by atomic mass is 10.2. The van der Waals surface area contributed by atoms with Gasteiger partial charge in [0.2, 0.25) is 0 Å². The summed E-state index contributed by atoms with van der Waals surface area (Å²) in [5, 5.41) is 0. The lowest BCUT2D eigenvalue weighted by Gasteiger charge is -2.06. The molecule has 5 nitrogen and oxygen atoms in total. The fraction of sp³-hybridized carbons (Fsp3) is 0.833. The average molecular weight is 278 g/mol. The van der Waals surface area contributed by atoms with Crippen molar-refractivity contribution in [2.45, 2.75) is 45.4 Å². The molecule has 0 aromatic heterocycles. The van der Waals surface area contributed by atoms with E-state index in [1.807, 2.05) is 6.92 Å². The van der Waals surface area contributed by atoms with Crippen molar-refractivity contribution < 1.29 is 23.6 Å². The molecule has 1 unspecified atom stereocenters. The van der Waals surface area contributed by atoms with Crippen LogP contribution < -0.4 is 0 Å². The Kier molecular flexibility index (Phi) is 12.3. The van der Waals surface area contributed by atoms with Crippen LogP contribution in [0.5, 0.6) is 0 Å². The van der Waals surface area contributed by atoms with E-state index in [0.29, 0.717) is 19.4 Å². The standard InChI is InChI=1S/C12H23O5P/c1-2-6-11(13)15-9-10-16-12(14)7-4-3-5-8-17-18/h2-10,18H2,1H3. The summed E-state index contributed by atoms with van der Waals surface area (Å²) in [7, 11) is 2.19. The number of unbranched alkanes of at least 4 members (excludes halogenated alkanes) is 2. The molecular formula is C12H23O5P. The first kappa shape index (κ1) is 17.3. The van der Waals surface area contributed by atoms with Crippen LogP contribution in [0.3, 0.4) is 0 Å². The first-order valence-corrected chi connectivity index (χ1v) is 6.80. The third-order valence-corrected chi connectivity index (χ3v) is 2.44. The van der Waals surface area contributed by atoms with Crippen molar-refractivity contribution in [1.82, 2.24) is 0 Å². The van der Waals surface area contributed by atoms with Crippen LogP contribution in [-0.4, -0.2) is 31.8 Å². The second-order valence-electron chi connectivity index (χ2n) is 3.87. The Morgan fingerprint density at radius 3 is 2.06 bits per heavy atom. The van der Waals surface area contributed by atoms with Gasteiger partial charge in [-0.3, -0.25) is 9.59 Å². The summed E-state index contributed by atoms with van der Waals surface area (Å²) in [6, 6.07) is 0. The minimum absolute atomic E-state index is 0.142. The number of carbonyl (C=O) groups excluding carboxylic acids is 2. The van der Waals surface area contributed by atoms with Crippen molar-refractivity contribution in [3.63, 3.8) is 0 Å². The van der Waals surface area contributed by atoms with Crippen LogP contribution in [0.1, 0.15) is 45.4 Å². The van der Waals surface area contributed by atoms with Crippen LogP contribution in [0.4, 0.5) is 0 Å². The Morgan fingerprint density at radius 1 is 0.889 bits per heavy atom. The highest BCUT2D eigenvalue weighted by Crippen LogP contribution is 2.03. The molecule has 0 saturated carbocycles. The van der Waals surface area contributed by atoms with E-state index in [1.54, 1.807) is 0 Å². The lowest BCUT2D eigenvalue weighted by Crippen LogP contribution is -2.13. The van der Waals surface area contributed by atoms with Crippen LogP contribution >= 0.6 is 9.47 Å². The van der Waals surface area contributed by atoms with E-state index < -0.39 is 0 Å². The first-order chi connectivity index (χ1) is 8.70. The lowest BCUT2D eigenvalue weighted by molar-refractivity contribution is -0.152. The molecule has 0 saturated heterocycles. The predicted molar refractivity (Wildman–Crippen MR) is 71.0 cm³/mol. The highest BCUT2D eigenvalue weighted by molar-refractivity contribution is 7.09. The van der Waals surface area contributed by atoms with Gasteiger partial charge in [-0.2, -0.15) is 0 Å². The summed E-state index contributed by atoms with van der Waals surface area (Å²) in [6.07, 6.45) is 4.24. The van der Waals surface area contributed by atoms with Crippen LogP contribution in [0.25, 0.3) is 0 Å². The largest absolute Gasteiger partial charge is 0.462 e. The minimum Gasteiger partial charge on any atom is -0.462 e. The average Bonchev–Trinajstić information content (AvgIpc) is 2.35. The van der Waals surface area contributed by atoms with Crippen LogP contribution in [0.15, 0.2) is 0 Å². The highest BCUT2D eigenvalue weighted by Gasteiger charge is 2.04. The van der Waals surface area contributed by atoms with Crippen molar-refractivity contribution in [3.8, 4) is 0 Å². The van der Waals surface area contributed by atoms with Gasteiger partial charge in [0.1, 0.15) is 13.2 Å². The van der Waals surface area contributed by atoms with Crippen molar-refractivity contribution in [2.75, 3.05) is 19.8 Å². The molecule has 0 fully saturated rings. The van der Waals surface area contributed by atoms with Gasteiger partial charge in [0.25, 0.3) is 0 Å². The van der Waals surface area contributed by atoms with Crippen LogP contribution in [0.2, 0.25) is 0 Å². The third-order valence-electron chi connectivity index (χ3n) is 2.21. The van der Waals surface area contributed by atoms with Gasteiger partial charge < -0.3 is 14.0 Å². The molecular weight excluding hydrogens is 255 g/mol. The van der Waals surface area contributed by atoms with E-state index in [1.165, 1.54) is 0 Å². The van der Waals surface area contributed by atoms with E-state index in [2.05, 4.69) is 9.47 Å². The Morgan fingerprint density at radius 2 is 1.50 bits per heavy atom. The molecule has 0 heterocycles. The Balaban J connectivity index is 3.29. The molecule has 0 spiro atoms. The van der Waals surface area contributed by atoms with Gasteiger partial charge in [-0.15, -0.1) is 0 Å². The molecule has 0 amide bonds. The zero-order chi connectivity index (χ0) is 13.6. The molecule has 18 heavy (non-hydrogen) atoms. The Hall–Kier alpha value is -0.670. The second-order valence-corrected chi connectivity index (χ2v) is 4.21. The Bertz CT molecular complexity index is 233. The van der Waals surface area contributed by atoms with Gasteiger partial charge in [0.05, 0.1) is 6.61 Å². The van der Waals surface area contributed by atoms with E-state index in [0.717, 1.165) is 25.7 Å². The summed E-state index contributed by atoms with van der Waals surface area (Å²) >= 11 is 0. The smallest absolute Gasteiger partial charge is 0.305 e.